The molecule has 3 aromatic rings. The molecule has 0 bridgehead atoms. The molecule has 23 heavy (non-hydrogen) atoms. The van der Waals surface area contributed by atoms with Gasteiger partial charge >= 0.3 is 0 Å². The summed E-state index contributed by atoms with van der Waals surface area (Å²) < 4.78 is 15.2. The van der Waals surface area contributed by atoms with Gasteiger partial charge in [-0.2, -0.15) is 5.10 Å². The van der Waals surface area contributed by atoms with Crippen molar-refractivity contribution in [3.63, 3.8) is 0 Å². The van der Waals surface area contributed by atoms with Crippen LogP contribution < -0.4 is 5.32 Å². The van der Waals surface area contributed by atoms with Gasteiger partial charge in [-0.1, -0.05) is 36.4 Å². The van der Waals surface area contributed by atoms with E-state index >= 15 is 0 Å². The van der Waals surface area contributed by atoms with E-state index in [2.05, 4.69) is 29.5 Å². The quantitative estimate of drug-likeness (QED) is 0.766. The summed E-state index contributed by atoms with van der Waals surface area (Å²) in [6.07, 6.45) is 1.85. The molecule has 0 fully saturated rings. The third kappa shape index (κ3) is 3.48. The Labute approximate surface area is 135 Å². The molecule has 0 saturated carbocycles. The fourth-order valence-corrected chi connectivity index (χ4v) is 2.69. The monoisotopic (exact) mass is 309 g/mol. The topological polar surface area (TPSA) is 29.9 Å². The molecule has 0 saturated heterocycles. The van der Waals surface area contributed by atoms with E-state index in [1.54, 1.807) is 10.7 Å². The van der Waals surface area contributed by atoms with E-state index in [1.807, 2.05) is 37.4 Å². The second-order valence-electron chi connectivity index (χ2n) is 5.67. The minimum atomic E-state index is -0.255. The van der Waals surface area contributed by atoms with E-state index in [0.29, 0.717) is 0 Å². The number of nitrogens with zero attached hydrogens (tertiary/aromatic N) is 2. The lowest BCUT2D eigenvalue weighted by atomic mass is 10.1. The van der Waals surface area contributed by atoms with Crippen molar-refractivity contribution in [2.24, 2.45) is 0 Å². The molecule has 0 spiro atoms. The predicted molar refractivity (Wildman–Crippen MR) is 90.0 cm³/mol. The maximum atomic E-state index is 13.4. The Hall–Kier alpha value is -2.46. The Balaban J connectivity index is 1.76. The lowest BCUT2D eigenvalue weighted by Crippen LogP contribution is -2.18. The van der Waals surface area contributed by atoms with E-state index < -0.39 is 0 Å². The second kappa shape index (κ2) is 6.75. The van der Waals surface area contributed by atoms with Gasteiger partial charge in [-0.05, 0) is 37.6 Å². The van der Waals surface area contributed by atoms with E-state index in [0.717, 1.165) is 23.5 Å². The largest absolute Gasteiger partial charge is 0.306 e. The highest BCUT2D eigenvalue weighted by Gasteiger charge is 2.14. The number of halogens is 1. The number of rotatable bonds is 5. The molecule has 118 valence electrons. The van der Waals surface area contributed by atoms with Crippen LogP contribution in [-0.4, -0.2) is 9.78 Å². The lowest BCUT2D eigenvalue weighted by Gasteiger charge is -2.14. The van der Waals surface area contributed by atoms with Gasteiger partial charge in [0.2, 0.25) is 0 Å². The zero-order valence-electron chi connectivity index (χ0n) is 13.3. The zero-order valence-corrected chi connectivity index (χ0v) is 13.3. The van der Waals surface area contributed by atoms with Crippen molar-refractivity contribution in [1.29, 1.82) is 0 Å². The first-order valence-corrected chi connectivity index (χ1v) is 7.73. The summed E-state index contributed by atoms with van der Waals surface area (Å²) in [6.45, 7) is 4.92. The molecule has 1 heterocycles. The molecular formula is C19H20FN3. The molecule has 0 aliphatic heterocycles. The van der Waals surface area contributed by atoms with Crippen molar-refractivity contribution in [2.75, 3.05) is 0 Å². The van der Waals surface area contributed by atoms with Gasteiger partial charge in [-0.15, -0.1) is 0 Å². The van der Waals surface area contributed by atoms with E-state index in [4.69, 9.17) is 0 Å². The molecule has 1 aromatic heterocycles. The zero-order chi connectivity index (χ0) is 16.2. The third-order valence-corrected chi connectivity index (χ3v) is 4.02. The number of aromatic nitrogens is 2. The predicted octanol–water partition coefficient (Wildman–Crippen LogP) is 4.17. The molecule has 3 nitrogen and oxygen atoms in total. The standard InChI is InChI=1S/C19H20FN3/c1-14(21-12-16-7-4-3-5-8-16)19-13-22-23(15(19)2)18-10-6-9-17(20)11-18/h3-11,13-14,21H,12H2,1-2H3/t14-/m0/s1. The van der Waals surface area contributed by atoms with Crippen LogP contribution in [0.5, 0.6) is 0 Å². The molecule has 1 N–H and O–H groups in total. The molecule has 1 atom stereocenters. The first-order chi connectivity index (χ1) is 11.1. The highest BCUT2D eigenvalue weighted by molar-refractivity contribution is 5.35. The van der Waals surface area contributed by atoms with Gasteiger partial charge in [0.25, 0.3) is 0 Å². The van der Waals surface area contributed by atoms with Gasteiger partial charge in [0.1, 0.15) is 5.82 Å². The van der Waals surface area contributed by atoms with Crippen LogP contribution in [0.15, 0.2) is 60.8 Å². The van der Waals surface area contributed by atoms with E-state index in [1.165, 1.54) is 17.7 Å². The van der Waals surface area contributed by atoms with Gasteiger partial charge in [-0.25, -0.2) is 9.07 Å². The van der Waals surface area contributed by atoms with Crippen LogP contribution in [0.1, 0.15) is 29.8 Å². The molecule has 0 unspecified atom stereocenters. The van der Waals surface area contributed by atoms with Gasteiger partial charge < -0.3 is 5.32 Å². The van der Waals surface area contributed by atoms with Crippen molar-refractivity contribution in [3.8, 4) is 5.69 Å². The number of benzene rings is 2. The summed E-state index contributed by atoms with van der Waals surface area (Å²) in [7, 11) is 0. The Kier molecular flexibility index (Phi) is 4.53. The van der Waals surface area contributed by atoms with Crippen molar-refractivity contribution in [1.82, 2.24) is 15.1 Å². The fraction of sp³-hybridized carbons (Fsp3) is 0.211. The molecule has 3 rings (SSSR count). The van der Waals surface area contributed by atoms with Crippen molar-refractivity contribution >= 4 is 0 Å². The summed E-state index contributed by atoms with van der Waals surface area (Å²) in [5, 5.41) is 7.92. The molecule has 0 aliphatic rings. The summed E-state index contributed by atoms with van der Waals surface area (Å²) in [6, 6.07) is 16.9. The van der Waals surface area contributed by atoms with Crippen LogP contribution in [0, 0.1) is 12.7 Å². The van der Waals surface area contributed by atoms with Crippen LogP contribution in [-0.2, 0) is 6.54 Å². The first-order valence-electron chi connectivity index (χ1n) is 7.73. The van der Waals surface area contributed by atoms with Crippen LogP contribution >= 0.6 is 0 Å². The lowest BCUT2D eigenvalue weighted by molar-refractivity contribution is 0.571. The molecular weight excluding hydrogens is 289 g/mol. The summed E-state index contributed by atoms with van der Waals surface area (Å²) in [5.41, 5.74) is 4.12. The second-order valence-corrected chi connectivity index (χ2v) is 5.67. The van der Waals surface area contributed by atoms with Gasteiger partial charge in [0, 0.05) is 23.8 Å². The molecule has 0 amide bonds. The molecule has 0 aliphatic carbocycles. The Morgan fingerprint density at radius 1 is 1.13 bits per heavy atom. The summed E-state index contributed by atoms with van der Waals surface area (Å²) >= 11 is 0. The van der Waals surface area contributed by atoms with Crippen molar-refractivity contribution < 1.29 is 4.39 Å². The van der Waals surface area contributed by atoms with Crippen LogP contribution in [0.4, 0.5) is 4.39 Å². The number of hydrogen-bond acceptors (Lipinski definition) is 2. The molecule has 4 heteroatoms. The number of hydrogen-bond donors (Lipinski definition) is 1. The highest BCUT2D eigenvalue weighted by atomic mass is 19.1. The minimum Gasteiger partial charge on any atom is -0.306 e. The Morgan fingerprint density at radius 3 is 2.65 bits per heavy atom. The average molecular weight is 309 g/mol. The highest BCUT2D eigenvalue weighted by Crippen LogP contribution is 2.21. The maximum Gasteiger partial charge on any atom is 0.125 e. The van der Waals surface area contributed by atoms with Gasteiger partial charge in [-0.3, -0.25) is 0 Å². The van der Waals surface area contributed by atoms with Crippen LogP contribution in [0.3, 0.4) is 0 Å². The molecule has 2 aromatic carbocycles. The first kappa shape index (κ1) is 15.4. The average Bonchev–Trinajstić information content (AvgIpc) is 2.95. The summed E-state index contributed by atoms with van der Waals surface area (Å²) in [5.74, 6) is -0.255. The van der Waals surface area contributed by atoms with E-state index in [-0.39, 0.29) is 11.9 Å². The summed E-state index contributed by atoms with van der Waals surface area (Å²) in [4.78, 5) is 0. The molecule has 0 radical (unpaired) electrons. The van der Waals surface area contributed by atoms with E-state index in [9.17, 15) is 4.39 Å². The van der Waals surface area contributed by atoms with Crippen LogP contribution in [0.25, 0.3) is 5.69 Å². The third-order valence-electron chi connectivity index (χ3n) is 4.02. The van der Waals surface area contributed by atoms with Crippen molar-refractivity contribution in [2.45, 2.75) is 26.4 Å². The SMILES string of the molecule is Cc1c([C@H](C)NCc2ccccc2)cnn1-c1cccc(F)c1. The van der Waals surface area contributed by atoms with Crippen LogP contribution in [0.2, 0.25) is 0 Å². The Bertz CT molecular complexity index is 780. The number of nitrogens with one attached hydrogen (secondary N) is 1. The van der Waals surface area contributed by atoms with Gasteiger partial charge in [0.05, 0.1) is 11.9 Å². The smallest absolute Gasteiger partial charge is 0.125 e. The normalized spacial score (nSPS) is 12.3. The maximum absolute atomic E-state index is 13.4. The fourth-order valence-electron chi connectivity index (χ4n) is 2.69. The minimum absolute atomic E-state index is 0.164. The van der Waals surface area contributed by atoms with Crippen molar-refractivity contribution in [3.05, 3.63) is 83.4 Å². The Morgan fingerprint density at radius 2 is 1.91 bits per heavy atom. The van der Waals surface area contributed by atoms with Gasteiger partial charge in [0.15, 0.2) is 0 Å².